The number of fused-ring (bicyclic) bond motifs is 2. The molecule has 430 valence electrons. The smallest absolute Gasteiger partial charge is 0.269 e. The highest BCUT2D eigenvalue weighted by Crippen LogP contribution is 2.45. The molecule has 6 heterocycles. The van der Waals surface area contributed by atoms with Gasteiger partial charge < -0.3 is 19.3 Å². The van der Waals surface area contributed by atoms with E-state index in [1.54, 1.807) is 12.4 Å². The second-order valence-corrected chi connectivity index (χ2v) is 28.1. The van der Waals surface area contributed by atoms with E-state index in [1.807, 2.05) is 24.3 Å². The Morgan fingerprint density at radius 3 is 1.15 bits per heavy atom. The van der Waals surface area contributed by atoms with Crippen LogP contribution in [0.4, 0.5) is 11.4 Å². The first kappa shape index (κ1) is 56.3. The molecule has 0 saturated carbocycles. The van der Waals surface area contributed by atoms with Crippen LogP contribution in [0.25, 0.3) is 56.2 Å². The lowest BCUT2D eigenvalue weighted by Crippen LogP contribution is -2.59. The Bertz CT molecular complexity index is 3810. The van der Waals surface area contributed by atoms with Crippen molar-refractivity contribution in [1.29, 1.82) is 0 Å². The fourth-order valence-electron chi connectivity index (χ4n) is 13.7. The van der Waals surface area contributed by atoms with Crippen molar-refractivity contribution in [2.45, 2.75) is 168 Å². The average Bonchev–Trinajstić information content (AvgIpc) is 2.86. The molecule has 0 bridgehead atoms. The number of ether oxygens (including phenoxy) is 2. The summed E-state index contributed by atoms with van der Waals surface area (Å²) in [7, 11) is 0. The Hall–Kier alpha value is -8.24. The fourth-order valence-corrected chi connectivity index (χ4v) is 13.7. The lowest BCUT2D eigenvalue weighted by molar-refractivity contribution is -0.572. The van der Waals surface area contributed by atoms with Crippen molar-refractivity contribution in [2.75, 3.05) is 9.80 Å². The second-order valence-electron chi connectivity index (χ2n) is 28.1. The summed E-state index contributed by atoms with van der Waals surface area (Å²) < 4.78 is 22.4. The van der Waals surface area contributed by atoms with Crippen molar-refractivity contribution in [3.05, 3.63) is 194 Å². The lowest BCUT2D eigenvalue weighted by atomic mass is 9.79. The van der Waals surface area contributed by atoms with Crippen molar-refractivity contribution >= 4 is 33.4 Å². The number of aromatic nitrogens is 6. The maximum Gasteiger partial charge on any atom is 0.269 e. The minimum atomic E-state index is -0.180. The van der Waals surface area contributed by atoms with Gasteiger partial charge in [0.1, 0.15) is 23.0 Å². The van der Waals surface area contributed by atoms with Crippen LogP contribution in [-0.2, 0) is 10.8 Å². The van der Waals surface area contributed by atoms with E-state index >= 15 is 0 Å². The van der Waals surface area contributed by atoms with Crippen molar-refractivity contribution in [3.63, 3.8) is 0 Å². The molecule has 6 aromatic carbocycles. The van der Waals surface area contributed by atoms with E-state index in [1.165, 1.54) is 24.2 Å². The number of imidazole rings is 2. The number of hydrogen-bond acceptors (Lipinski definition) is 6. The fraction of sp³-hybridized carbons (Fsp3) is 0.351. The van der Waals surface area contributed by atoms with Gasteiger partial charge in [0.05, 0.1) is 56.2 Å². The van der Waals surface area contributed by atoms with E-state index in [0.717, 1.165) is 81.6 Å². The highest BCUT2D eigenvalue weighted by atomic mass is 16.5. The molecule has 10 aromatic rings. The molecule has 0 radical (unpaired) electrons. The summed E-state index contributed by atoms with van der Waals surface area (Å²) in [5.74, 6) is 2.70. The summed E-state index contributed by atoms with van der Waals surface area (Å²) in [6, 6.07) is 55.7. The lowest BCUT2D eigenvalue weighted by Gasteiger charge is -2.54. The molecular weight excluding hydrogens is 1030 g/mol. The van der Waals surface area contributed by atoms with Gasteiger partial charge in [-0.3, -0.25) is 28.2 Å². The molecule has 0 amide bonds. The quantitative estimate of drug-likeness (QED) is 0.0950. The largest absolute Gasteiger partial charge is 0.458 e. The third kappa shape index (κ3) is 10.8. The molecule has 10 nitrogen and oxygen atoms in total. The van der Waals surface area contributed by atoms with Crippen molar-refractivity contribution < 1.29 is 18.6 Å². The number of pyridine rings is 2. The van der Waals surface area contributed by atoms with Crippen LogP contribution in [0.1, 0.15) is 147 Å². The third-order valence-electron chi connectivity index (χ3n) is 17.6. The van der Waals surface area contributed by atoms with Gasteiger partial charge in [-0.1, -0.05) is 102 Å². The second kappa shape index (κ2) is 20.8. The molecule has 2 aliphatic heterocycles. The molecule has 0 unspecified atom stereocenters. The van der Waals surface area contributed by atoms with Gasteiger partial charge >= 0.3 is 0 Å². The molecule has 10 heteroatoms. The first-order chi connectivity index (χ1) is 39.8. The topological polar surface area (TPSA) is 68.3 Å². The van der Waals surface area contributed by atoms with Crippen LogP contribution >= 0.6 is 0 Å². The Labute approximate surface area is 498 Å². The number of nitrogens with zero attached hydrogens (tertiary/aromatic N) is 8. The monoisotopic (exact) mass is 1110 g/mol. The van der Waals surface area contributed by atoms with Crippen LogP contribution in [0.3, 0.4) is 0 Å². The molecule has 2 aliphatic rings. The number of piperidine rings is 2. The van der Waals surface area contributed by atoms with E-state index < -0.39 is 0 Å². The van der Waals surface area contributed by atoms with Crippen molar-refractivity contribution in [1.82, 2.24) is 19.1 Å². The molecule has 0 atom stereocenters. The first-order valence-corrected chi connectivity index (χ1v) is 30.1. The average molecular weight is 1120 g/mol. The first-order valence-electron chi connectivity index (χ1n) is 30.1. The van der Waals surface area contributed by atoms with E-state index in [4.69, 9.17) is 19.4 Å². The maximum absolute atomic E-state index is 6.85. The van der Waals surface area contributed by atoms with Gasteiger partial charge in [0.15, 0.2) is 0 Å². The Kier molecular flexibility index (Phi) is 13.9. The Morgan fingerprint density at radius 1 is 0.405 bits per heavy atom. The number of hydrogen-bond donors (Lipinski definition) is 0. The number of benzene rings is 6. The maximum atomic E-state index is 6.85. The van der Waals surface area contributed by atoms with Gasteiger partial charge in [0.25, 0.3) is 12.7 Å². The summed E-state index contributed by atoms with van der Waals surface area (Å²) in [6.07, 6.45) is 18.2. The van der Waals surface area contributed by atoms with Crippen LogP contribution in [0.5, 0.6) is 23.0 Å². The van der Waals surface area contributed by atoms with Gasteiger partial charge in [-0.15, -0.1) is 0 Å². The molecule has 0 spiro atoms. The molecule has 2 fully saturated rings. The van der Waals surface area contributed by atoms with E-state index in [0.29, 0.717) is 34.4 Å². The summed E-state index contributed by atoms with van der Waals surface area (Å²) in [5.41, 5.74) is 14.1. The summed E-state index contributed by atoms with van der Waals surface area (Å²) >= 11 is 0. The Morgan fingerprint density at radius 2 is 0.774 bits per heavy atom. The van der Waals surface area contributed by atoms with Crippen LogP contribution < -0.4 is 28.4 Å². The molecule has 0 N–H and O–H groups in total. The number of anilines is 2. The van der Waals surface area contributed by atoms with Crippen LogP contribution in [0.2, 0.25) is 0 Å². The van der Waals surface area contributed by atoms with Crippen LogP contribution in [0, 0.1) is 12.7 Å². The molecular formula is C74H82N8O2. The molecule has 84 heavy (non-hydrogen) atoms. The Balaban J connectivity index is 0.846. The molecule has 12 rings (SSSR count). The number of para-hydroxylation sites is 4. The predicted molar refractivity (Wildman–Crippen MR) is 341 cm³/mol. The minimum absolute atomic E-state index is 0.0320. The van der Waals surface area contributed by atoms with Crippen LogP contribution in [0.15, 0.2) is 170 Å². The third-order valence-corrected chi connectivity index (χ3v) is 17.6. The van der Waals surface area contributed by atoms with Gasteiger partial charge in [0.2, 0.25) is 0 Å². The minimum Gasteiger partial charge on any atom is -0.458 e. The SMILES string of the molecule is CC(C)(C)c1cc(Oc2ccnc(-c3cc(Oc4cc(-[n+]5[c-]n(-c6cccc(N7C(C)(C)CCCC7(C)C)c6)c6ccccc65)cc(C(C)(C)C)c4)ccn3)c2)cc(-[n+]2[c-]n(-c3cccc(N4C(C)(C)CCCC4(C)C)c3)c3ccccc32)c1. The van der Waals surface area contributed by atoms with E-state index in [9.17, 15) is 0 Å². The van der Waals surface area contributed by atoms with Gasteiger partial charge in [-0.2, -0.15) is 0 Å². The van der Waals surface area contributed by atoms with Gasteiger partial charge in [-0.25, -0.2) is 0 Å². The highest BCUT2D eigenvalue weighted by molar-refractivity contribution is 5.77. The van der Waals surface area contributed by atoms with E-state index in [-0.39, 0.29) is 33.0 Å². The molecule has 2 saturated heterocycles. The van der Waals surface area contributed by atoms with Gasteiger partial charge in [-0.05, 0) is 201 Å². The normalized spacial score (nSPS) is 16.7. The summed E-state index contributed by atoms with van der Waals surface area (Å²) in [5, 5.41) is 0. The molecule has 0 aliphatic carbocycles. The zero-order valence-electron chi connectivity index (χ0n) is 51.8. The van der Waals surface area contributed by atoms with Crippen LogP contribution in [-0.4, -0.2) is 41.3 Å². The van der Waals surface area contributed by atoms with Gasteiger partial charge in [0, 0.05) is 58.1 Å². The van der Waals surface area contributed by atoms with Crippen molar-refractivity contribution in [2.24, 2.45) is 0 Å². The van der Waals surface area contributed by atoms with Crippen molar-refractivity contribution in [3.8, 4) is 57.1 Å². The molecule has 4 aromatic heterocycles. The summed E-state index contributed by atoms with van der Waals surface area (Å²) in [4.78, 5) is 14.9. The zero-order valence-corrected chi connectivity index (χ0v) is 51.8. The van der Waals surface area contributed by atoms with E-state index in [2.05, 4.69) is 271 Å². The predicted octanol–water partition coefficient (Wildman–Crippen LogP) is 17.5. The number of rotatable bonds is 11. The summed E-state index contributed by atoms with van der Waals surface area (Å²) in [6.45, 7) is 32.5. The zero-order chi connectivity index (χ0) is 59.1. The standard InChI is InChI=1S/C74H82N8O2/c1-69(2,3)51-39-57(79-49-77(65-27-15-17-29-67(65)79)53-23-19-25-55(43-53)81-71(7,8)33-21-34-72(81,9)10)45-61(41-51)83-59-31-37-75-63(47-59)64-48-60(32-38-76-64)84-62-42-52(70(4,5)6)40-58(46-62)80-50-78(66-28-16-18-30-68(66)80)54-24-20-26-56(44-54)82-73(11,12)35-22-36-74(82,13)14/h15-20,23-32,37-48H,21-22,33-36H2,1-14H3. The highest BCUT2D eigenvalue weighted by Gasteiger charge is 2.43.